The third-order valence-corrected chi connectivity index (χ3v) is 3.64. The Bertz CT molecular complexity index is 281. The molecular weight excluding hydrogens is 245 g/mol. The minimum atomic E-state index is -4.34. The Hall–Kier alpha value is -0.780. The van der Waals surface area contributed by atoms with Crippen molar-refractivity contribution in [2.75, 3.05) is 13.1 Å². The van der Waals surface area contributed by atoms with Gasteiger partial charge in [0.2, 0.25) is 5.91 Å². The summed E-state index contributed by atoms with van der Waals surface area (Å²) in [5.74, 6) is 0.676. The summed E-state index contributed by atoms with van der Waals surface area (Å²) in [6.45, 7) is 3.08. The van der Waals surface area contributed by atoms with Gasteiger partial charge in [-0.25, -0.2) is 0 Å². The van der Waals surface area contributed by atoms with Crippen LogP contribution in [0.5, 0.6) is 0 Å². The van der Waals surface area contributed by atoms with Gasteiger partial charge in [0.05, 0.1) is 6.54 Å². The van der Waals surface area contributed by atoms with Crippen LogP contribution < -0.4 is 10.6 Å². The van der Waals surface area contributed by atoms with Crippen LogP contribution in [0.3, 0.4) is 0 Å². The molecule has 0 heterocycles. The van der Waals surface area contributed by atoms with Gasteiger partial charge in [-0.2, -0.15) is 13.2 Å². The van der Waals surface area contributed by atoms with Crippen LogP contribution >= 0.6 is 0 Å². The van der Waals surface area contributed by atoms with Gasteiger partial charge in [0.1, 0.15) is 6.54 Å². The van der Waals surface area contributed by atoms with Crippen LogP contribution in [0.1, 0.15) is 33.1 Å². The number of halogens is 3. The first-order valence-corrected chi connectivity index (χ1v) is 6.34. The molecule has 0 bridgehead atoms. The van der Waals surface area contributed by atoms with Gasteiger partial charge < -0.3 is 10.6 Å². The molecule has 18 heavy (non-hydrogen) atoms. The lowest BCUT2D eigenvalue weighted by molar-refractivity contribution is -0.138. The fraction of sp³-hybridized carbons (Fsp3) is 0.917. The minimum Gasteiger partial charge on any atom is -0.346 e. The van der Waals surface area contributed by atoms with E-state index in [-0.39, 0.29) is 12.6 Å². The molecule has 1 aliphatic carbocycles. The zero-order valence-electron chi connectivity index (χ0n) is 10.8. The number of carbonyl (C=O) groups is 1. The van der Waals surface area contributed by atoms with E-state index in [9.17, 15) is 18.0 Å². The number of amides is 1. The predicted octanol–water partition coefficient (Wildman–Crippen LogP) is 2.08. The smallest absolute Gasteiger partial charge is 0.346 e. The predicted molar refractivity (Wildman–Crippen MR) is 63.0 cm³/mol. The molecule has 2 N–H and O–H groups in total. The lowest BCUT2D eigenvalue weighted by Crippen LogP contribution is -2.44. The maximum Gasteiger partial charge on any atom is 0.405 e. The average molecular weight is 266 g/mol. The van der Waals surface area contributed by atoms with Crippen molar-refractivity contribution in [1.29, 1.82) is 0 Å². The van der Waals surface area contributed by atoms with Crippen molar-refractivity contribution in [2.45, 2.75) is 45.3 Å². The fourth-order valence-corrected chi connectivity index (χ4v) is 2.23. The van der Waals surface area contributed by atoms with Crippen molar-refractivity contribution in [3.05, 3.63) is 0 Å². The highest BCUT2D eigenvalue weighted by Gasteiger charge is 2.28. The Labute approximate surface area is 106 Å². The molecule has 0 aliphatic heterocycles. The van der Waals surface area contributed by atoms with Gasteiger partial charge in [-0.15, -0.1) is 0 Å². The van der Waals surface area contributed by atoms with Crippen molar-refractivity contribution >= 4 is 5.91 Å². The Kier molecular flexibility index (Phi) is 5.44. The summed E-state index contributed by atoms with van der Waals surface area (Å²) < 4.78 is 35.6. The number of alkyl halides is 3. The summed E-state index contributed by atoms with van der Waals surface area (Å²) in [4.78, 5) is 11.2. The molecule has 0 radical (unpaired) electrons. The lowest BCUT2D eigenvalue weighted by Gasteiger charge is -2.32. The third kappa shape index (κ3) is 5.71. The SMILES string of the molecule is CC1CCC(NCC(=O)NCC(F)(F)F)CC1C. The Balaban J connectivity index is 2.19. The van der Waals surface area contributed by atoms with Gasteiger partial charge in [0.25, 0.3) is 0 Å². The molecular formula is C12H21F3N2O. The van der Waals surface area contributed by atoms with Crippen molar-refractivity contribution < 1.29 is 18.0 Å². The number of hydrogen-bond donors (Lipinski definition) is 2. The van der Waals surface area contributed by atoms with Gasteiger partial charge in [-0.3, -0.25) is 4.79 Å². The largest absolute Gasteiger partial charge is 0.405 e. The fourth-order valence-electron chi connectivity index (χ4n) is 2.23. The third-order valence-electron chi connectivity index (χ3n) is 3.64. The molecule has 0 saturated heterocycles. The molecule has 3 unspecified atom stereocenters. The Morgan fingerprint density at radius 3 is 2.44 bits per heavy atom. The van der Waals surface area contributed by atoms with E-state index in [1.165, 1.54) is 0 Å². The van der Waals surface area contributed by atoms with Crippen molar-refractivity contribution in [1.82, 2.24) is 10.6 Å². The molecule has 1 rings (SSSR count). The van der Waals surface area contributed by atoms with E-state index in [1.807, 2.05) is 5.32 Å². The molecule has 1 fully saturated rings. The van der Waals surface area contributed by atoms with Gasteiger partial charge in [-0.05, 0) is 31.1 Å². The average Bonchev–Trinajstić information content (AvgIpc) is 2.27. The van der Waals surface area contributed by atoms with Gasteiger partial charge in [0.15, 0.2) is 0 Å². The summed E-state index contributed by atoms with van der Waals surface area (Å²) >= 11 is 0. The summed E-state index contributed by atoms with van der Waals surface area (Å²) in [6.07, 6.45) is -1.28. The zero-order chi connectivity index (χ0) is 13.8. The van der Waals surface area contributed by atoms with Crippen LogP contribution in [0.25, 0.3) is 0 Å². The molecule has 106 valence electrons. The van der Waals surface area contributed by atoms with Crippen LogP contribution in [0, 0.1) is 11.8 Å². The Morgan fingerprint density at radius 1 is 1.22 bits per heavy atom. The minimum absolute atomic E-state index is 0.0398. The van der Waals surface area contributed by atoms with E-state index < -0.39 is 18.6 Å². The molecule has 1 amide bonds. The summed E-state index contributed by atoms with van der Waals surface area (Å²) in [7, 11) is 0. The van der Waals surface area contributed by atoms with Crippen LogP contribution in [0.4, 0.5) is 13.2 Å². The van der Waals surface area contributed by atoms with E-state index in [4.69, 9.17) is 0 Å². The number of carbonyl (C=O) groups excluding carboxylic acids is 1. The van der Waals surface area contributed by atoms with Gasteiger partial charge in [0, 0.05) is 6.04 Å². The van der Waals surface area contributed by atoms with E-state index in [2.05, 4.69) is 19.2 Å². The first-order valence-electron chi connectivity index (χ1n) is 6.34. The second kappa shape index (κ2) is 6.41. The molecule has 6 heteroatoms. The van der Waals surface area contributed by atoms with E-state index in [0.29, 0.717) is 11.8 Å². The maximum absolute atomic E-state index is 11.9. The van der Waals surface area contributed by atoms with Gasteiger partial charge in [-0.1, -0.05) is 13.8 Å². The quantitative estimate of drug-likeness (QED) is 0.818. The molecule has 3 atom stereocenters. The van der Waals surface area contributed by atoms with Crippen LogP contribution in [-0.2, 0) is 4.79 Å². The van der Waals surface area contributed by atoms with Crippen molar-refractivity contribution in [3.63, 3.8) is 0 Å². The second-order valence-corrected chi connectivity index (χ2v) is 5.24. The molecule has 3 nitrogen and oxygen atoms in total. The molecule has 1 saturated carbocycles. The lowest BCUT2D eigenvalue weighted by atomic mass is 9.79. The second-order valence-electron chi connectivity index (χ2n) is 5.24. The number of nitrogens with one attached hydrogen (secondary N) is 2. The molecule has 0 aromatic carbocycles. The van der Waals surface area contributed by atoms with E-state index in [1.54, 1.807) is 0 Å². The monoisotopic (exact) mass is 266 g/mol. The first-order chi connectivity index (χ1) is 8.28. The summed E-state index contributed by atoms with van der Waals surface area (Å²) in [5.41, 5.74) is 0. The number of hydrogen-bond acceptors (Lipinski definition) is 2. The first kappa shape index (κ1) is 15.3. The highest BCUT2D eigenvalue weighted by molar-refractivity contribution is 5.78. The van der Waals surface area contributed by atoms with Crippen LogP contribution in [0.15, 0.2) is 0 Å². The zero-order valence-corrected chi connectivity index (χ0v) is 10.8. The van der Waals surface area contributed by atoms with Crippen LogP contribution in [0.2, 0.25) is 0 Å². The summed E-state index contributed by atoms with van der Waals surface area (Å²) in [5, 5.41) is 4.88. The highest BCUT2D eigenvalue weighted by Crippen LogP contribution is 2.29. The summed E-state index contributed by atoms with van der Waals surface area (Å²) in [6, 6.07) is 0.243. The van der Waals surface area contributed by atoms with Crippen LogP contribution in [-0.4, -0.2) is 31.2 Å². The van der Waals surface area contributed by atoms with E-state index >= 15 is 0 Å². The molecule has 0 aromatic heterocycles. The molecule has 0 spiro atoms. The van der Waals surface area contributed by atoms with Crippen molar-refractivity contribution in [3.8, 4) is 0 Å². The van der Waals surface area contributed by atoms with Crippen molar-refractivity contribution in [2.24, 2.45) is 11.8 Å². The number of rotatable bonds is 4. The Morgan fingerprint density at radius 2 is 1.89 bits per heavy atom. The molecule has 1 aliphatic rings. The van der Waals surface area contributed by atoms with Gasteiger partial charge >= 0.3 is 6.18 Å². The molecule has 0 aromatic rings. The van der Waals surface area contributed by atoms with E-state index in [0.717, 1.165) is 19.3 Å². The topological polar surface area (TPSA) is 41.1 Å². The maximum atomic E-state index is 11.9. The standard InChI is InChI=1S/C12H21F3N2O/c1-8-3-4-10(5-9(8)2)16-6-11(18)17-7-12(13,14)15/h8-10,16H,3-7H2,1-2H3,(H,17,18). The normalized spacial score (nSPS) is 29.1. The highest BCUT2D eigenvalue weighted by atomic mass is 19.4.